The van der Waals surface area contributed by atoms with Crippen molar-refractivity contribution in [2.75, 3.05) is 5.75 Å². The van der Waals surface area contributed by atoms with E-state index in [4.69, 9.17) is 17.4 Å². The number of sulfone groups is 1. The summed E-state index contributed by atoms with van der Waals surface area (Å²) in [5, 5.41) is 21.8. The summed E-state index contributed by atoms with van der Waals surface area (Å²) in [5.41, 5.74) is 0.555. The largest absolute Gasteiger partial charge is 0.508 e. The molecule has 0 radical (unpaired) electrons. The molecule has 0 fully saturated rings. The number of carbonyl (C=O) groups excluding carboxylic acids is 2. The molecule has 0 heterocycles. The minimum Gasteiger partial charge on any atom is -0.508 e. The molecule has 0 spiro atoms. The van der Waals surface area contributed by atoms with Gasteiger partial charge in [0.1, 0.15) is 5.75 Å². The lowest BCUT2D eigenvalue weighted by atomic mass is 10.1. The summed E-state index contributed by atoms with van der Waals surface area (Å²) >= 11 is 6.18. The molecule has 0 aliphatic heterocycles. The van der Waals surface area contributed by atoms with E-state index in [9.17, 15) is 33.0 Å². The normalized spacial score (nSPS) is 11.9. The summed E-state index contributed by atoms with van der Waals surface area (Å²) in [6.07, 6.45) is 0. The van der Waals surface area contributed by atoms with Crippen molar-refractivity contribution in [3.8, 4) is 5.75 Å². The monoisotopic (exact) mass is 531 g/mol. The van der Waals surface area contributed by atoms with E-state index < -0.39 is 39.4 Å². The van der Waals surface area contributed by atoms with Crippen molar-refractivity contribution in [1.29, 1.82) is 0 Å². The molecule has 2 amide bonds. The SMILES string of the molecule is NN(C(=O)c1ccc(C(=O)NCc2cccc(O)c2)cc1Cl)[C@@H](CS(=O)(=O)c1ccccc1)C(=O)O. The first-order valence-electron chi connectivity index (χ1n) is 10.4. The third-order valence-corrected chi connectivity index (χ3v) is 7.22. The van der Waals surface area contributed by atoms with Crippen LogP contribution in [-0.2, 0) is 21.2 Å². The van der Waals surface area contributed by atoms with Crippen molar-refractivity contribution in [2.45, 2.75) is 17.5 Å². The molecule has 3 aromatic rings. The summed E-state index contributed by atoms with van der Waals surface area (Å²) in [5.74, 6) is 1.67. The zero-order valence-electron chi connectivity index (χ0n) is 18.7. The molecule has 0 aliphatic rings. The highest BCUT2D eigenvalue weighted by Crippen LogP contribution is 2.21. The van der Waals surface area contributed by atoms with Crippen LogP contribution in [0, 0.1) is 0 Å². The van der Waals surface area contributed by atoms with Crippen LogP contribution < -0.4 is 11.2 Å². The molecule has 3 aromatic carbocycles. The number of phenols is 1. The van der Waals surface area contributed by atoms with E-state index in [1.165, 1.54) is 54.6 Å². The van der Waals surface area contributed by atoms with Crippen LogP contribution in [0.15, 0.2) is 77.7 Å². The standard InChI is InChI=1S/C24H22ClN3O7S/c25-20-12-16(22(30)27-13-15-5-4-6-17(29)11-15)9-10-19(20)23(31)28(26)21(24(32)33)14-36(34,35)18-7-2-1-3-8-18/h1-12,21,29H,13-14,26H2,(H,27,30)(H,32,33)/t21-/m0/s1. The van der Waals surface area contributed by atoms with Crippen LogP contribution >= 0.6 is 11.6 Å². The Morgan fingerprint density at radius 2 is 1.69 bits per heavy atom. The zero-order valence-corrected chi connectivity index (χ0v) is 20.2. The van der Waals surface area contributed by atoms with Gasteiger partial charge in [-0.15, -0.1) is 0 Å². The highest BCUT2D eigenvalue weighted by atomic mass is 35.5. The molecule has 10 nitrogen and oxygen atoms in total. The Hall–Kier alpha value is -3.93. The number of nitrogens with zero attached hydrogens (tertiary/aromatic N) is 1. The third-order valence-electron chi connectivity index (χ3n) is 5.16. The van der Waals surface area contributed by atoms with Gasteiger partial charge in [-0.3, -0.25) is 14.6 Å². The fourth-order valence-corrected chi connectivity index (χ4v) is 5.01. The fraction of sp³-hybridized carbons (Fsp3) is 0.125. The maximum atomic E-state index is 12.9. The molecule has 0 aromatic heterocycles. The van der Waals surface area contributed by atoms with Gasteiger partial charge in [0, 0.05) is 12.1 Å². The number of hydrogen-bond donors (Lipinski definition) is 4. The maximum Gasteiger partial charge on any atom is 0.329 e. The molecule has 3 rings (SSSR count). The zero-order chi connectivity index (χ0) is 26.5. The lowest BCUT2D eigenvalue weighted by molar-refractivity contribution is -0.141. The van der Waals surface area contributed by atoms with E-state index >= 15 is 0 Å². The van der Waals surface area contributed by atoms with Crippen LogP contribution in [0.4, 0.5) is 0 Å². The first kappa shape index (κ1) is 26.7. The van der Waals surface area contributed by atoms with Crippen molar-refractivity contribution in [3.63, 3.8) is 0 Å². The average molecular weight is 532 g/mol. The number of halogens is 1. The second kappa shape index (κ2) is 11.2. The maximum absolute atomic E-state index is 12.9. The van der Waals surface area contributed by atoms with Crippen molar-refractivity contribution in [2.24, 2.45) is 5.84 Å². The number of aromatic hydroxyl groups is 1. The van der Waals surface area contributed by atoms with Gasteiger partial charge >= 0.3 is 5.97 Å². The van der Waals surface area contributed by atoms with Crippen LogP contribution in [0.2, 0.25) is 5.02 Å². The number of benzene rings is 3. The first-order valence-corrected chi connectivity index (χ1v) is 12.5. The van der Waals surface area contributed by atoms with Gasteiger partial charge < -0.3 is 15.5 Å². The molecule has 12 heteroatoms. The number of amides is 2. The fourth-order valence-electron chi connectivity index (χ4n) is 3.26. The number of hydrazine groups is 1. The smallest absolute Gasteiger partial charge is 0.329 e. The number of carbonyl (C=O) groups is 3. The van der Waals surface area contributed by atoms with Crippen LogP contribution in [0.1, 0.15) is 26.3 Å². The Bertz CT molecular complexity index is 1400. The van der Waals surface area contributed by atoms with E-state index in [1.54, 1.807) is 18.2 Å². The van der Waals surface area contributed by atoms with Crippen molar-refractivity contribution in [3.05, 3.63) is 94.5 Å². The highest BCUT2D eigenvalue weighted by Gasteiger charge is 2.34. The molecular weight excluding hydrogens is 510 g/mol. The molecular formula is C24H22ClN3O7S. The number of aliphatic carboxylic acids is 1. The Morgan fingerprint density at radius 1 is 1.00 bits per heavy atom. The van der Waals surface area contributed by atoms with Crippen molar-refractivity contribution < 1.29 is 33.0 Å². The molecule has 0 unspecified atom stereocenters. The molecule has 5 N–H and O–H groups in total. The minimum absolute atomic E-state index is 0.0511. The Labute approximate surface area is 211 Å². The van der Waals surface area contributed by atoms with Crippen LogP contribution in [0.25, 0.3) is 0 Å². The molecule has 0 saturated heterocycles. The van der Waals surface area contributed by atoms with Crippen molar-refractivity contribution in [1.82, 2.24) is 10.3 Å². The summed E-state index contributed by atoms with van der Waals surface area (Å²) in [7, 11) is -4.08. The van der Waals surface area contributed by atoms with Crippen LogP contribution in [0.3, 0.4) is 0 Å². The molecule has 0 saturated carbocycles. The lowest BCUT2D eigenvalue weighted by Gasteiger charge is -2.24. The van der Waals surface area contributed by atoms with Crippen molar-refractivity contribution >= 4 is 39.2 Å². The lowest BCUT2D eigenvalue weighted by Crippen LogP contribution is -2.52. The van der Waals surface area contributed by atoms with Crippen LogP contribution in [0.5, 0.6) is 5.75 Å². The Balaban J connectivity index is 1.75. The number of rotatable bonds is 9. The Kier molecular flexibility index (Phi) is 8.30. The summed E-state index contributed by atoms with van der Waals surface area (Å²) in [6, 6.07) is 15.3. The third kappa shape index (κ3) is 6.39. The average Bonchev–Trinajstić information content (AvgIpc) is 2.85. The Morgan fingerprint density at radius 3 is 2.31 bits per heavy atom. The van der Waals surface area contributed by atoms with Gasteiger partial charge in [-0.1, -0.05) is 41.9 Å². The predicted octanol–water partition coefficient (Wildman–Crippen LogP) is 2.22. The number of carboxylic acid groups (broad SMARTS) is 1. The van der Waals surface area contributed by atoms with Gasteiger partial charge in [-0.05, 0) is 48.0 Å². The second-order valence-corrected chi connectivity index (χ2v) is 10.1. The molecule has 188 valence electrons. The van der Waals surface area contributed by atoms with Gasteiger partial charge in [-0.2, -0.15) is 0 Å². The van der Waals surface area contributed by atoms with E-state index in [0.29, 0.717) is 10.6 Å². The summed E-state index contributed by atoms with van der Waals surface area (Å²) < 4.78 is 25.3. The molecule has 36 heavy (non-hydrogen) atoms. The number of nitrogens with one attached hydrogen (secondary N) is 1. The van der Waals surface area contributed by atoms with Gasteiger partial charge in [-0.25, -0.2) is 19.1 Å². The predicted molar refractivity (Wildman–Crippen MR) is 131 cm³/mol. The molecule has 0 bridgehead atoms. The first-order chi connectivity index (χ1) is 17.0. The van der Waals surface area contributed by atoms with Gasteiger partial charge in [0.25, 0.3) is 11.8 Å². The van der Waals surface area contributed by atoms with E-state index in [1.807, 2.05) is 0 Å². The topological polar surface area (TPSA) is 167 Å². The van der Waals surface area contributed by atoms with E-state index in [0.717, 1.165) is 0 Å². The number of hydrogen-bond acceptors (Lipinski definition) is 7. The highest BCUT2D eigenvalue weighted by molar-refractivity contribution is 7.91. The number of phenolic OH excluding ortho intramolecular Hbond substituents is 1. The van der Waals surface area contributed by atoms with Crippen LogP contribution in [-0.4, -0.2) is 53.2 Å². The molecule has 1 atom stereocenters. The quantitative estimate of drug-likeness (QED) is 0.185. The summed E-state index contributed by atoms with van der Waals surface area (Å²) in [6.45, 7) is 0.123. The molecule has 0 aliphatic carbocycles. The van der Waals surface area contributed by atoms with E-state index in [2.05, 4.69) is 5.32 Å². The van der Waals surface area contributed by atoms with Gasteiger partial charge in [0.15, 0.2) is 15.9 Å². The number of nitrogens with two attached hydrogens (primary N) is 1. The second-order valence-electron chi connectivity index (χ2n) is 7.71. The minimum atomic E-state index is -4.08. The van der Waals surface area contributed by atoms with Gasteiger partial charge in [0.2, 0.25) is 0 Å². The summed E-state index contributed by atoms with van der Waals surface area (Å²) in [4.78, 5) is 37.0. The van der Waals surface area contributed by atoms with E-state index in [-0.39, 0.29) is 33.3 Å². The number of carboxylic acids is 1. The van der Waals surface area contributed by atoms with Gasteiger partial charge in [0.05, 0.1) is 21.2 Å².